The van der Waals surface area contributed by atoms with Gasteiger partial charge in [0.05, 0.1) is 29.5 Å². The fourth-order valence-corrected chi connectivity index (χ4v) is 3.83. The highest BCUT2D eigenvalue weighted by Crippen LogP contribution is 2.18. The number of carbonyl (C=O) groups excluding carboxylic acids is 1. The molecule has 0 bridgehead atoms. The molecule has 1 N–H and O–H groups in total. The van der Waals surface area contributed by atoms with Crippen LogP contribution < -0.4 is 0 Å². The van der Waals surface area contributed by atoms with Crippen LogP contribution in [0.5, 0.6) is 0 Å². The number of amides is 1. The maximum Gasteiger partial charge on any atom is 0.305 e. The number of sulfone groups is 1. The van der Waals surface area contributed by atoms with Gasteiger partial charge in [0.1, 0.15) is 5.15 Å². The van der Waals surface area contributed by atoms with Gasteiger partial charge < -0.3 is 10.0 Å². The monoisotopic (exact) mass is 332 g/mol. The van der Waals surface area contributed by atoms with Crippen LogP contribution in [-0.2, 0) is 14.6 Å². The summed E-state index contributed by atoms with van der Waals surface area (Å²) in [5.41, 5.74) is 0.245. The summed E-state index contributed by atoms with van der Waals surface area (Å²) in [6.45, 7) is -0.0261. The number of nitrogens with zero attached hydrogens (tertiary/aromatic N) is 2. The van der Waals surface area contributed by atoms with Gasteiger partial charge in [0, 0.05) is 12.7 Å². The maximum absolute atomic E-state index is 12.4. The minimum atomic E-state index is -3.33. The van der Waals surface area contributed by atoms with E-state index in [1.165, 1.54) is 23.2 Å². The van der Waals surface area contributed by atoms with Crippen LogP contribution in [0.3, 0.4) is 0 Å². The molecule has 7 nitrogen and oxygen atoms in total. The third kappa shape index (κ3) is 3.92. The third-order valence-corrected chi connectivity index (χ3v) is 5.10. The summed E-state index contributed by atoms with van der Waals surface area (Å²) in [7, 11) is -3.33. The van der Waals surface area contributed by atoms with Crippen molar-refractivity contribution in [1.29, 1.82) is 0 Å². The molecule has 1 aliphatic rings. The standard InChI is InChI=1S/C12H13ClN2O5S/c13-10-2-1-8(6-14-10)12(18)15-3-4-21(19,20)7-9(15)5-11(16)17/h1-2,6,9H,3-5,7H2,(H,16,17). The lowest BCUT2D eigenvalue weighted by atomic mass is 10.1. The highest BCUT2D eigenvalue weighted by Gasteiger charge is 2.35. The Labute approximate surface area is 126 Å². The average Bonchev–Trinajstić information content (AvgIpc) is 2.37. The predicted octanol–water partition coefficient (Wildman–Crippen LogP) is 0.449. The number of pyridine rings is 1. The van der Waals surface area contributed by atoms with E-state index >= 15 is 0 Å². The summed E-state index contributed by atoms with van der Waals surface area (Å²) < 4.78 is 23.3. The van der Waals surface area contributed by atoms with Gasteiger partial charge >= 0.3 is 5.97 Å². The molecular formula is C12H13ClN2O5S. The molecule has 9 heteroatoms. The lowest BCUT2D eigenvalue weighted by molar-refractivity contribution is -0.138. The van der Waals surface area contributed by atoms with Gasteiger partial charge in [-0.25, -0.2) is 13.4 Å². The van der Waals surface area contributed by atoms with Crippen molar-refractivity contribution in [3.8, 4) is 0 Å². The van der Waals surface area contributed by atoms with Crippen LogP contribution in [0, 0.1) is 0 Å². The highest BCUT2D eigenvalue weighted by molar-refractivity contribution is 7.91. The van der Waals surface area contributed by atoms with E-state index in [9.17, 15) is 18.0 Å². The van der Waals surface area contributed by atoms with Crippen molar-refractivity contribution in [3.63, 3.8) is 0 Å². The van der Waals surface area contributed by atoms with Gasteiger partial charge in [0.15, 0.2) is 9.84 Å². The molecule has 0 radical (unpaired) electrons. The zero-order valence-corrected chi connectivity index (χ0v) is 12.5. The van der Waals surface area contributed by atoms with Gasteiger partial charge in [-0.1, -0.05) is 11.6 Å². The molecule has 1 aromatic heterocycles. The van der Waals surface area contributed by atoms with Gasteiger partial charge in [0.25, 0.3) is 5.91 Å². The second-order valence-electron chi connectivity index (χ2n) is 4.73. The minimum absolute atomic E-state index is 0.0261. The molecule has 1 aliphatic heterocycles. The first-order chi connectivity index (χ1) is 9.78. The van der Waals surface area contributed by atoms with Crippen LogP contribution in [0.15, 0.2) is 18.3 Å². The second kappa shape index (κ2) is 5.98. The van der Waals surface area contributed by atoms with E-state index in [1.54, 1.807) is 0 Å². The Bertz CT molecular complexity index is 659. The Kier molecular flexibility index (Phi) is 4.48. The van der Waals surface area contributed by atoms with Crippen molar-refractivity contribution in [2.75, 3.05) is 18.1 Å². The van der Waals surface area contributed by atoms with Crippen LogP contribution in [0.25, 0.3) is 0 Å². The van der Waals surface area contributed by atoms with Gasteiger partial charge in [-0.05, 0) is 12.1 Å². The summed E-state index contributed by atoms with van der Waals surface area (Å²) in [5, 5.41) is 9.11. The smallest absolute Gasteiger partial charge is 0.305 e. The molecule has 1 aromatic rings. The molecule has 0 saturated carbocycles. The molecule has 114 valence electrons. The Morgan fingerprint density at radius 3 is 2.71 bits per heavy atom. The van der Waals surface area contributed by atoms with Gasteiger partial charge in [-0.2, -0.15) is 0 Å². The molecule has 21 heavy (non-hydrogen) atoms. The van der Waals surface area contributed by atoms with Crippen molar-refractivity contribution in [2.24, 2.45) is 0 Å². The number of rotatable bonds is 3. The van der Waals surface area contributed by atoms with Crippen molar-refractivity contribution in [2.45, 2.75) is 12.5 Å². The van der Waals surface area contributed by atoms with E-state index in [0.717, 1.165) is 0 Å². The zero-order chi connectivity index (χ0) is 15.6. The van der Waals surface area contributed by atoms with Gasteiger partial charge in [-0.15, -0.1) is 0 Å². The molecule has 0 spiro atoms. The summed E-state index contributed by atoms with van der Waals surface area (Å²) in [4.78, 5) is 28.3. The lowest BCUT2D eigenvalue weighted by Crippen LogP contribution is -2.52. The molecule has 1 unspecified atom stereocenters. The Hall–Kier alpha value is -1.67. The summed E-state index contributed by atoms with van der Waals surface area (Å²) in [6, 6.07) is 2.05. The molecule has 2 heterocycles. The average molecular weight is 333 g/mol. The minimum Gasteiger partial charge on any atom is -0.481 e. The normalized spacial score (nSPS) is 21.0. The van der Waals surface area contributed by atoms with Crippen LogP contribution in [0.1, 0.15) is 16.8 Å². The van der Waals surface area contributed by atoms with Crippen LogP contribution in [-0.4, -0.2) is 59.4 Å². The second-order valence-corrected chi connectivity index (χ2v) is 7.35. The molecule has 1 fully saturated rings. The van der Waals surface area contributed by atoms with E-state index in [2.05, 4.69) is 4.98 Å². The number of aromatic nitrogens is 1. The van der Waals surface area contributed by atoms with E-state index in [4.69, 9.17) is 16.7 Å². The number of carboxylic acid groups (broad SMARTS) is 1. The van der Waals surface area contributed by atoms with E-state index in [0.29, 0.717) is 0 Å². The molecule has 1 atom stereocenters. The van der Waals surface area contributed by atoms with Gasteiger partial charge in [-0.3, -0.25) is 9.59 Å². The van der Waals surface area contributed by atoms with Crippen LogP contribution >= 0.6 is 11.6 Å². The number of carboxylic acids is 1. The first-order valence-corrected chi connectivity index (χ1v) is 8.33. The van der Waals surface area contributed by atoms with E-state index < -0.39 is 34.2 Å². The largest absolute Gasteiger partial charge is 0.481 e. The fourth-order valence-electron chi connectivity index (χ4n) is 2.19. The summed E-state index contributed by atoms with van der Waals surface area (Å²) in [6.07, 6.45) is 0.873. The van der Waals surface area contributed by atoms with Crippen molar-refractivity contribution >= 4 is 33.3 Å². The highest BCUT2D eigenvalue weighted by atomic mass is 35.5. The van der Waals surface area contributed by atoms with Gasteiger partial charge in [0.2, 0.25) is 0 Å². The summed E-state index contributed by atoms with van der Waals surface area (Å²) >= 11 is 5.64. The molecular weight excluding hydrogens is 320 g/mol. The number of carbonyl (C=O) groups is 2. The van der Waals surface area contributed by atoms with Crippen molar-refractivity contribution in [1.82, 2.24) is 9.88 Å². The molecule has 0 aliphatic carbocycles. The number of hydrogen-bond donors (Lipinski definition) is 1. The fraction of sp³-hybridized carbons (Fsp3) is 0.417. The Morgan fingerprint density at radius 2 is 2.14 bits per heavy atom. The van der Waals surface area contributed by atoms with E-state index in [-0.39, 0.29) is 28.8 Å². The lowest BCUT2D eigenvalue weighted by Gasteiger charge is -2.34. The first-order valence-electron chi connectivity index (χ1n) is 6.13. The third-order valence-electron chi connectivity index (χ3n) is 3.18. The molecule has 1 amide bonds. The molecule has 2 rings (SSSR count). The van der Waals surface area contributed by atoms with Crippen LogP contribution in [0.4, 0.5) is 0 Å². The van der Waals surface area contributed by atoms with Crippen molar-refractivity contribution in [3.05, 3.63) is 29.0 Å². The predicted molar refractivity (Wildman–Crippen MR) is 75.0 cm³/mol. The van der Waals surface area contributed by atoms with Crippen LogP contribution in [0.2, 0.25) is 5.15 Å². The van der Waals surface area contributed by atoms with Crippen molar-refractivity contribution < 1.29 is 23.1 Å². The Balaban J connectivity index is 2.24. The number of aliphatic carboxylic acids is 1. The number of halogens is 1. The molecule has 0 aromatic carbocycles. The maximum atomic E-state index is 12.4. The number of hydrogen-bond acceptors (Lipinski definition) is 5. The Morgan fingerprint density at radius 1 is 1.43 bits per heavy atom. The zero-order valence-electron chi connectivity index (χ0n) is 10.9. The summed E-state index contributed by atoms with van der Waals surface area (Å²) in [5.74, 6) is -2.11. The van der Waals surface area contributed by atoms with E-state index in [1.807, 2.05) is 0 Å². The molecule has 1 saturated heterocycles. The topological polar surface area (TPSA) is 105 Å². The SMILES string of the molecule is O=C(O)CC1CS(=O)(=O)CCN1C(=O)c1ccc(Cl)nc1. The quantitative estimate of drug-likeness (QED) is 0.806. The first kappa shape index (κ1) is 15.7.